The predicted octanol–water partition coefficient (Wildman–Crippen LogP) is 4.79. The largest absolute Gasteiger partial charge is 0.493 e. The first-order valence-corrected chi connectivity index (χ1v) is 15.0. The Morgan fingerprint density at radius 2 is 1.66 bits per heavy atom. The van der Waals surface area contributed by atoms with Gasteiger partial charge in [-0.15, -0.1) is 0 Å². The van der Waals surface area contributed by atoms with Gasteiger partial charge in [0.05, 0.1) is 49.3 Å². The van der Waals surface area contributed by atoms with Crippen LogP contribution in [0, 0.1) is 0 Å². The van der Waals surface area contributed by atoms with Crippen LogP contribution < -0.4 is 33.8 Å². The summed E-state index contributed by atoms with van der Waals surface area (Å²) in [5.41, 5.74) is 2.94. The molecule has 10 heteroatoms. The quantitative estimate of drug-likeness (QED) is 0.224. The molecule has 0 amide bonds. The minimum atomic E-state index is -0.778. The smallest absolute Gasteiger partial charge is 0.338 e. The van der Waals surface area contributed by atoms with Gasteiger partial charge in [0.15, 0.2) is 27.8 Å². The summed E-state index contributed by atoms with van der Waals surface area (Å²) in [4.78, 5) is 32.4. The molecule has 5 rings (SSSR count). The highest BCUT2D eigenvalue weighted by atomic mass is 32.1. The van der Waals surface area contributed by atoms with Crippen LogP contribution in [0.2, 0.25) is 0 Å². The van der Waals surface area contributed by atoms with Crippen molar-refractivity contribution in [3.8, 4) is 23.0 Å². The molecule has 0 N–H and O–H groups in total. The van der Waals surface area contributed by atoms with Crippen LogP contribution >= 0.6 is 11.3 Å². The molecular formula is C34H34N2O7S. The number of thiazole rings is 1. The van der Waals surface area contributed by atoms with E-state index in [2.05, 4.69) is 4.99 Å². The normalized spacial score (nSPS) is 14.5. The highest BCUT2D eigenvalue weighted by Gasteiger charge is 2.34. The molecule has 0 fully saturated rings. The average molecular weight is 615 g/mol. The third-order valence-electron chi connectivity index (χ3n) is 7.04. The van der Waals surface area contributed by atoms with Gasteiger partial charge in [0.2, 0.25) is 0 Å². The van der Waals surface area contributed by atoms with Crippen molar-refractivity contribution in [2.75, 3.05) is 27.4 Å². The number of hydrogen-bond acceptors (Lipinski definition) is 9. The Hall–Kier alpha value is -4.83. The van der Waals surface area contributed by atoms with Crippen LogP contribution in [0.25, 0.3) is 6.08 Å². The number of methoxy groups -OCH3 is 2. The summed E-state index contributed by atoms with van der Waals surface area (Å²) >= 11 is 1.25. The molecule has 228 valence electrons. The molecule has 9 nitrogen and oxygen atoms in total. The van der Waals surface area contributed by atoms with Crippen LogP contribution in [0.15, 0.2) is 87.8 Å². The van der Waals surface area contributed by atoms with Crippen molar-refractivity contribution in [3.05, 3.63) is 114 Å². The second-order valence-corrected chi connectivity index (χ2v) is 10.8. The number of fused-ring (bicyclic) bond motifs is 1. The molecule has 0 radical (unpaired) electrons. The molecular weight excluding hydrogens is 580 g/mol. The van der Waals surface area contributed by atoms with E-state index in [0.717, 1.165) is 11.1 Å². The lowest BCUT2D eigenvalue weighted by Gasteiger charge is -2.25. The minimum absolute atomic E-state index is 0.186. The summed E-state index contributed by atoms with van der Waals surface area (Å²) in [6, 6.07) is 20.0. The van der Waals surface area contributed by atoms with Crippen molar-refractivity contribution >= 4 is 23.4 Å². The maximum absolute atomic E-state index is 14.0. The maximum atomic E-state index is 14.0. The van der Waals surface area contributed by atoms with Crippen LogP contribution in [0.5, 0.6) is 23.0 Å². The van der Waals surface area contributed by atoms with E-state index in [0.29, 0.717) is 56.8 Å². The van der Waals surface area contributed by atoms with E-state index in [9.17, 15) is 9.59 Å². The van der Waals surface area contributed by atoms with E-state index < -0.39 is 12.0 Å². The van der Waals surface area contributed by atoms with Gasteiger partial charge in [0.1, 0.15) is 6.61 Å². The van der Waals surface area contributed by atoms with Crippen LogP contribution in [-0.2, 0) is 16.1 Å². The Morgan fingerprint density at radius 3 is 2.36 bits per heavy atom. The lowest BCUT2D eigenvalue weighted by atomic mass is 9.95. The van der Waals surface area contributed by atoms with Crippen molar-refractivity contribution in [1.82, 2.24) is 4.57 Å². The van der Waals surface area contributed by atoms with Gasteiger partial charge in [-0.1, -0.05) is 53.8 Å². The maximum Gasteiger partial charge on any atom is 0.338 e. The van der Waals surface area contributed by atoms with Gasteiger partial charge < -0.3 is 23.7 Å². The molecule has 1 aliphatic heterocycles. The molecule has 0 bridgehead atoms. The lowest BCUT2D eigenvalue weighted by molar-refractivity contribution is -0.139. The second-order valence-electron chi connectivity index (χ2n) is 9.83. The van der Waals surface area contributed by atoms with E-state index >= 15 is 0 Å². The molecule has 0 unspecified atom stereocenters. The number of nitrogens with zero attached hydrogens (tertiary/aromatic N) is 2. The number of rotatable bonds is 11. The molecule has 4 aromatic rings. The standard InChI is InChI=1S/C34H34N2O7S/c1-6-41-28-17-23(13-15-26(28)43-20-22-11-9-8-10-12-22)18-29-32(37)36-31(24-14-16-25(39-4)27(19-24)40-5)30(33(38)42-7-2)21(3)35-34(36)44-29/h8-19,31H,6-7,20H2,1-5H3/b29-18+/t31-/m0/s1. The minimum Gasteiger partial charge on any atom is -0.493 e. The number of carbonyl (C=O) groups excluding carboxylic acids is 1. The molecule has 0 saturated carbocycles. The molecule has 1 aliphatic rings. The molecule has 1 aromatic heterocycles. The van der Waals surface area contributed by atoms with Gasteiger partial charge in [-0.2, -0.15) is 0 Å². The first-order valence-electron chi connectivity index (χ1n) is 14.2. The van der Waals surface area contributed by atoms with E-state index in [4.69, 9.17) is 23.7 Å². The zero-order valence-corrected chi connectivity index (χ0v) is 26.1. The SMILES string of the molecule is CCOC(=O)C1=C(C)N=c2s/c(=C/c3ccc(OCc4ccccc4)c(OCC)c3)c(=O)n2[C@H]1c1ccc(OC)c(OC)c1. The summed E-state index contributed by atoms with van der Waals surface area (Å²) < 4.78 is 30.3. The van der Waals surface area contributed by atoms with Crippen molar-refractivity contribution < 1.29 is 28.5 Å². The topological polar surface area (TPSA) is 97.6 Å². The van der Waals surface area contributed by atoms with Crippen LogP contribution in [0.1, 0.15) is 43.5 Å². The Morgan fingerprint density at radius 1 is 0.909 bits per heavy atom. The van der Waals surface area contributed by atoms with Crippen molar-refractivity contribution in [2.24, 2.45) is 4.99 Å². The van der Waals surface area contributed by atoms with Gasteiger partial charge in [-0.3, -0.25) is 9.36 Å². The predicted molar refractivity (Wildman–Crippen MR) is 168 cm³/mol. The van der Waals surface area contributed by atoms with Crippen LogP contribution in [0.4, 0.5) is 0 Å². The summed E-state index contributed by atoms with van der Waals surface area (Å²) in [5.74, 6) is 1.66. The first kappa shape index (κ1) is 30.6. The summed E-state index contributed by atoms with van der Waals surface area (Å²) in [5, 5.41) is 0. The van der Waals surface area contributed by atoms with Crippen LogP contribution in [-0.4, -0.2) is 38.0 Å². The third kappa shape index (κ3) is 6.26. The van der Waals surface area contributed by atoms with Crippen LogP contribution in [0.3, 0.4) is 0 Å². The lowest BCUT2D eigenvalue weighted by Crippen LogP contribution is -2.39. The number of hydrogen-bond donors (Lipinski definition) is 0. The fourth-order valence-corrected chi connectivity index (χ4v) is 6.07. The van der Waals surface area contributed by atoms with E-state index in [-0.39, 0.29) is 17.7 Å². The van der Waals surface area contributed by atoms with Gasteiger partial charge in [0, 0.05) is 0 Å². The van der Waals surface area contributed by atoms with Gasteiger partial charge in [-0.05, 0) is 67.8 Å². The Bertz CT molecular complexity index is 1880. The van der Waals surface area contributed by atoms with Gasteiger partial charge in [0.25, 0.3) is 5.56 Å². The van der Waals surface area contributed by atoms with Gasteiger partial charge in [-0.25, -0.2) is 9.79 Å². The molecule has 44 heavy (non-hydrogen) atoms. The molecule has 3 aromatic carbocycles. The Balaban J connectivity index is 1.59. The summed E-state index contributed by atoms with van der Waals surface area (Å²) in [7, 11) is 3.09. The summed E-state index contributed by atoms with van der Waals surface area (Å²) in [6.45, 7) is 6.43. The molecule has 0 spiro atoms. The average Bonchev–Trinajstić information content (AvgIpc) is 3.33. The molecule has 1 atom stereocenters. The first-order chi connectivity index (χ1) is 21.4. The number of carbonyl (C=O) groups is 1. The Labute approximate surface area is 259 Å². The summed E-state index contributed by atoms with van der Waals surface area (Å²) in [6.07, 6.45) is 1.79. The zero-order chi connectivity index (χ0) is 31.2. The van der Waals surface area contributed by atoms with Crippen molar-refractivity contribution in [3.63, 3.8) is 0 Å². The third-order valence-corrected chi connectivity index (χ3v) is 8.03. The highest BCUT2D eigenvalue weighted by molar-refractivity contribution is 7.07. The van der Waals surface area contributed by atoms with E-state index in [1.807, 2.05) is 61.5 Å². The second kappa shape index (κ2) is 13.6. The number of ether oxygens (including phenoxy) is 5. The number of allylic oxidation sites excluding steroid dienone is 1. The monoisotopic (exact) mass is 614 g/mol. The number of esters is 1. The van der Waals surface area contributed by atoms with E-state index in [1.165, 1.54) is 23.0 Å². The molecule has 2 heterocycles. The van der Waals surface area contributed by atoms with Crippen molar-refractivity contribution in [2.45, 2.75) is 33.4 Å². The highest BCUT2D eigenvalue weighted by Crippen LogP contribution is 2.36. The Kier molecular flexibility index (Phi) is 9.50. The fourth-order valence-electron chi connectivity index (χ4n) is 5.02. The fraction of sp³-hybridized carbons (Fsp3) is 0.265. The van der Waals surface area contributed by atoms with Crippen molar-refractivity contribution in [1.29, 1.82) is 0 Å². The van der Waals surface area contributed by atoms with Gasteiger partial charge >= 0.3 is 5.97 Å². The number of aromatic nitrogens is 1. The zero-order valence-electron chi connectivity index (χ0n) is 25.3. The number of benzene rings is 3. The molecule has 0 aliphatic carbocycles. The van der Waals surface area contributed by atoms with E-state index in [1.54, 1.807) is 39.2 Å². The molecule has 0 saturated heterocycles.